The molecule has 0 amide bonds. The first-order valence-electron chi connectivity index (χ1n) is 8.92. The third-order valence-electron chi connectivity index (χ3n) is 4.76. The average molecular weight is 493 g/mol. The zero-order valence-corrected chi connectivity index (χ0v) is 19.5. The second kappa shape index (κ2) is 10.2. The Bertz CT molecular complexity index is 1040. The zero-order chi connectivity index (χ0) is 19.1. The minimum absolute atomic E-state index is 0. The van der Waals surface area contributed by atoms with Crippen molar-refractivity contribution in [3.05, 3.63) is 77.6 Å². The third kappa shape index (κ3) is 4.75. The summed E-state index contributed by atoms with van der Waals surface area (Å²) in [6, 6.07) is 5.45. The van der Waals surface area contributed by atoms with Crippen LogP contribution in [0.25, 0.3) is 0 Å². The van der Waals surface area contributed by atoms with Gasteiger partial charge in [0.05, 0.1) is 25.6 Å². The van der Waals surface area contributed by atoms with Gasteiger partial charge in [-0.15, -0.1) is 0 Å². The first-order valence-corrected chi connectivity index (χ1v) is 8.92. The van der Waals surface area contributed by atoms with E-state index < -0.39 is 0 Å². The molecule has 0 saturated carbocycles. The molecule has 0 spiro atoms. The van der Waals surface area contributed by atoms with Crippen molar-refractivity contribution in [3.8, 4) is 0 Å². The molecule has 2 aliphatic heterocycles. The minimum atomic E-state index is -0.130. The SMILES string of the molecule is COC1=CC2N=C(c3cccc(C4=NC5C=C(OC)C=CC5=N4)n3)N=C2C=C1.[Cl-].[Cl-].[V+2]. The molecular weight excluding hydrogens is 476 g/mol. The van der Waals surface area contributed by atoms with Gasteiger partial charge in [-0.3, -0.25) is 9.98 Å². The molecule has 1 aromatic heterocycles. The van der Waals surface area contributed by atoms with Crippen molar-refractivity contribution in [2.45, 2.75) is 12.1 Å². The summed E-state index contributed by atoms with van der Waals surface area (Å²) >= 11 is 0. The molecule has 0 fully saturated rings. The van der Waals surface area contributed by atoms with Crippen molar-refractivity contribution in [2.24, 2.45) is 20.0 Å². The van der Waals surface area contributed by atoms with Crippen molar-refractivity contribution < 1.29 is 52.8 Å². The number of aromatic nitrogens is 1. The number of allylic oxidation sites excluding steroid dienone is 2. The average Bonchev–Trinajstić information content (AvgIpc) is 3.36. The van der Waals surface area contributed by atoms with Crippen molar-refractivity contribution in [2.75, 3.05) is 14.2 Å². The predicted octanol–water partition coefficient (Wildman–Crippen LogP) is -3.57. The zero-order valence-electron chi connectivity index (χ0n) is 16.6. The molecule has 3 heterocycles. The van der Waals surface area contributed by atoms with E-state index in [1.165, 1.54) is 0 Å². The molecule has 7 nitrogen and oxygen atoms in total. The molecule has 157 valence electrons. The van der Waals surface area contributed by atoms with E-state index in [9.17, 15) is 0 Å². The summed E-state index contributed by atoms with van der Waals surface area (Å²) < 4.78 is 10.5. The topological polar surface area (TPSA) is 80.8 Å². The first kappa shape index (κ1) is 24.8. The van der Waals surface area contributed by atoms with Gasteiger partial charge in [-0.05, 0) is 48.6 Å². The molecule has 2 aliphatic carbocycles. The number of hydrogen-bond donors (Lipinski definition) is 0. The van der Waals surface area contributed by atoms with Gasteiger partial charge in [0, 0.05) is 0 Å². The van der Waals surface area contributed by atoms with Gasteiger partial charge in [-0.2, -0.15) is 0 Å². The Hall–Kier alpha value is -2.45. The molecule has 2 unspecified atom stereocenters. The molecule has 4 aliphatic rings. The minimum Gasteiger partial charge on any atom is -1.00 e. The van der Waals surface area contributed by atoms with E-state index >= 15 is 0 Å². The number of hydrogen-bond acceptors (Lipinski definition) is 7. The fourth-order valence-electron chi connectivity index (χ4n) is 3.31. The second-order valence-corrected chi connectivity index (χ2v) is 6.49. The van der Waals surface area contributed by atoms with Crippen LogP contribution in [0.3, 0.4) is 0 Å². The number of methoxy groups -OCH3 is 2. The molecule has 1 aromatic rings. The van der Waals surface area contributed by atoms with Crippen LogP contribution in [0.2, 0.25) is 0 Å². The van der Waals surface area contributed by atoms with E-state index in [-0.39, 0.29) is 55.5 Å². The number of amidine groups is 2. The summed E-state index contributed by atoms with van der Waals surface area (Å²) in [6.45, 7) is 0. The van der Waals surface area contributed by atoms with Gasteiger partial charge in [-0.25, -0.2) is 15.0 Å². The summed E-state index contributed by atoms with van der Waals surface area (Å²) in [5.41, 5.74) is 3.16. The fourth-order valence-corrected chi connectivity index (χ4v) is 3.31. The summed E-state index contributed by atoms with van der Waals surface area (Å²) in [7, 11) is 3.29. The van der Waals surface area contributed by atoms with Crippen molar-refractivity contribution in [1.82, 2.24) is 4.98 Å². The largest absolute Gasteiger partial charge is 2.00 e. The quantitative estimate of drug-likeness (QED) is 0.436. The Balaban J connectivity index is 0.00000114. The number of fused-ring (bicyclic) bond motifs is 2. The van der Waals surface area contributed by atoms with Gasteiger partial charge in [0.15, 0.2) is 11.7 Å². The fraction of sp³-hybridized carbons (Fsp3) is 0.190. The molecule has 2 atom stereocenters. The van der Waals surface area contributed by atoms with Gasteiger partial charge in [0.25, 0.3) is 0 Å². The molecular formula is C21H17Cl2N5O2V. The Morgan fingerprint density at radius 2 is 1.16 bits per heavy atom. The molecule has 0 bridgehead atoms. The number of ether oxygens (including phenoxy) is 2. The van der Waals surface area contributed by atoms with Crippen molar-refractivity contribution >= 4 is 23.1 Å². The molecule has 31 heavy (non-hydrogen) atoms. The molecule has 5 rings (SSSR count). The maximum atomic E-state index is 5.27. The van der Waals surface area contributed by atoms with E-state index in [4.69, 9.17) is 14.5 Å². The standard InChI is InChI=1S/C21H17N5O2.2ClH.V/c1-27-12-6-8-14-18(10-12)25-20(23-14)16-4-3-5-17(22-16)21-24-15-9-7-13(28-2)11-19(15)26-21;;;/h3-11,18-19H,1-2H3;2*1H;/q;;;+2/p-2. The second-order valence-electron chi connectivity index (χ2n) is 6.49. The monoisotopic (exact) mass is 492 g/mol. The Kier molecular flexibility index (Phi) is 8.20. The van der Waals surface area contributed by atoms with Gasteiger partial charge in [0.2, 0.25) is 0 Å². The predicted molar refractivity (Wildman–Crippen MR) is 108 cm³/mol. The van der Waals surface area contributed by atoms with E-state index in [1.807, 2.05) is 54.7 Å². The number of nitrogens with zero attached hydrogens (tertiary/aromatic N) is 5. The van der Waals surface area contributed by atoms with Crippen LogP contribution in [-0.4, -0.2) is 54.4 Å². The number of rotatable bonds is 4. The van der Waals surface area contributed by atoms with Crippen LogP contribution in [0, 0.1) is 0 Å². The molecule has 1 radical (unpaired) electrons. The van der Waals surface area contributed by atoms with E-state index in [1.54, 1.807) is 14.2 Å². The van der Waals surface area contributed by atoms with Crippen LogP contribution in [0.4, 0.5) is 0 Å². The molecule has 0 N–H and O–H groups in total. The first-order chi connectivity index (χ1) is 13.7. The maximum absolute atomic E-state index is 5.27. The molecule has 0 aromatic carbocycles. The summed E-state index contributed by atoms with van der Waals surface area (Å²) in [4.78, 5) is 23.3. The Morgan fingerprint density at radius 3 is 1.58 bits per heavy atom. The van der Waals surface area contributed by atoms with Crippen molar-refractivity contribution in [3.63, 3.8) is 0 Å². The van der Waals surface area contributed by atoms with Gasteiger partial charge < -0.3 is 34.3 Å². The smallest absolute Gasteiger partial charge is 1.00 e. The Labute approximate surface area is 204 Å². The van der Waals surface area contributed by atoms with Crippen LogP contribution in [-0.2, 0) is 28.0 Å². The Morgan fingerprint density at radius 1 is 0.710 bits per heavy atom. The molecule has 0 saturated heterocycles. The summed E-state index contributed by atoms with van der Waals surface area (Å²) in [5.74, 6) is 2.77. The van der Waals surface area contributed by atoms with Crippen LogP contribution in [0.5, 0.6) is 0 Å². The van der Waals surface area contributed by atoms with Crippen LogP contribution in [0.1, 0.15) is 11.4 Å². The summed E-state index contributed by atoms with van der Waals surface area (Å²) in [5, 5.41) is 0. The van der Waals surface area contributed by atoms with Gasteiger partial charge in [-0.1, -0.05) is 6.07 Å². The third-order valence-corrected chi connectivity index (χ3v) is 4.76. The number of pyridine rings is 1. The van der Waals surface area contributed by atoms with E-state index in [2.05, 4.69) is 20.0 Å². The number of halogens is 2. The van der Waals surface area contributed by atoms with E-state index in [0.29, 0.717) is 23.1 Å². The van der Waals surface area contributed by atoms with Crippen LogP contribution >= 0.6 is 0 Å². The maximum Gasteiger partial charge on any atom is 2.00 e. The number of aliphatic imine (C=N–C) groups is 4. The van der Waals surface area contributed by atoms with Gasteiger partial charge in [0.1, 0.15) is 35.0 Å². The van der Waals surface area contributed by atoms with E-state index in [0.717, 1.165) is 22.9 Å². The molecule has 10 heteroatoms. The van der Waals surface area contributed by atoms with Crippen LogP contribution in [0.15, 0.2) is 86.1 Å². The van der Waals surface area contributed by atoms with Crippen LogP contribution < -0.4 is 24.8 Å². The van der Waals surface area contributed by atoms with Gasteiger partial charge >= 0.3 is 18.6 Å². The van der Waals surface area contributed by atoms with Crippen molar-refractivity contribution in [1.29, 1.82) is 0 Å². The summed E-state index contributed by atoms with van der Waals surface area (Å²) in [6.07, 6.45) is 11.5. The normalized spacial score (nSPS) is 22.0.